The second-order valence-corrected chi connectivity index (χ2v) is 4.57. The molecule has 3 rings (SSSR count). The van der Waals surface area contributed by atoms with E-state index in [1.54, 1.807) is 29.2 Å². The van der Waals surface area contributed by atoms with Crippen molar-refractivity contribution >= 4 is 17.5 Å². The Hall–Kier alpha value is -2.54. The molecule has 2 heterocycles. The average Bonchev–Trinajstić information content (AvgIpc) is 2.50. The normalized spacial score (nSPS) is 15.3. The summed E-state index contributed by atoms with van der Waals surface area (Å²) in [5.74, 6) is -0.685. The van der Waals surface area contributed by atoms with Gasteiger partial charge in [-0.25, -0.2) is 14.4 Å². The molecule has 0 saturated carbocycles. The number of halogens is 1. The fourth-order valence-corrected chi connectivity index (χ4v) is 2.20. The highest BCUT2D eigenvalue weighted by molar-refractivity contribution is 5.95. The summed E-state index contributed by atoms with van der Waals surface area (Å²) in [4.78, 5) is 21.0. The van der Waals surface area contributed by atoms with Crippen molar-refractivity contribution in [2.24, 2.45) is 0 Å². The Morgan fingerprint density at radius 3 is 3.05 bits per heavy atom. The van der Waals surface area contributed by atoms with Gasteiger partial charge in [-0.1, -0.05) is 12.1 Å². The molecular weight excluding hydrogens is 275 g/mol. The number of nitrogens with zero attached hydrogens (tertiary/aromatic N) is 3. The molecule has 7 heteroatoms. The van der Waals surface area contributed by atoms with Crippen molar-refractivity contribution in [2.45, 2.75) is 0 Å². The van der Waals surface area contributed by atoms with Crippen molar-refractivity contribution in [1.82, 2.24) is 9.97 Å². The summed E-state index contributed by atoms with van der Waals surface area (Å²) >= 11 is 0. The minimum Gasteiger partial charge on any atom is -0.370 e. The molecule has 1 aliphatic rings. The number of hydrogen-bond donors (Lipinski definition) is 1. The molecule has 1 saturated heterocycles. The highest BCUT2D eigenvalue weighted by Crippen LogP contribution is 2.26. The lowest BCUT2D eigenvalue weighted by Gasteiger charge is -2.27. The highest BCUT2D eigenvalue weighted by Gasteiger charge is 2.20. The quantitative estimate of drug-likeness (QED) is 0.898. The number of rotatable bonds is 2. The van der Waals surface area contributed by atoms with E-state index in [1.165, 1.54) is 0 Å². The Kier molecular flexibility index (Phi) is 3.49. The summed E-state index contributed by atoms with van der Waals surface area (Å²) in [6.07, 6.45) is 1.03. The van der Waals surface area contributed by atoms with Crippen LogP contribution in [0.25, 0.3) is 11.3 Å². The number of ether oxygens (including phenoxy) is 1. The second-order valence-electron chi connectivity index (χ2n) is 4.57. The van der Waals surface area contributed by atoms with Gasteiger partial charge in [0.2, 0.25) is 5.95 Å². The molecule has 0 radical (unpaired) electrons. The number of amides is 1. The van der Waals surface area contributed by atoms with Crippen molar-refractivity contribution in [3.63, 3.8) is 0 Å². The summed E-state index contributed by atoms with van der Waals surface area (Å²) in [5, 5.41) is 0. The van der Waals surface area contributed by atoms with Crippen molar-refractivity contribution in [2.75, 3.05) is 30.4 Å². The smallest absolute Gasteiger partial charge is 0.253 e. The molecule has 1 aromatic heterocycles. The van der Waals surface area contributed by atoms with E-state index in [-0.39, 0.29) is 24.2 Å². The molecule has 0 aliphatic carbocycles. The lowest BCUT2D eigenvalue weighted by molar-refractivity contribution is -0.125. The van der Waals surface area contributed by atoms with Crippen LogP contribution >= 0.6 is 0 Å². The van der Waals surface area contributed by atoms with E-state index in [0.717, 1.165) is 6.20 Å². The van der Waals surface area contributed by atoms with Crippen LogP contribution in [-0.2, 0) is 9.53 Å². The number of carbonyl (C=O) groups is 1. The Balaban J connectivity index is 2.00. The number of nitrogen functional groups attached to an aromatic ring is 1. The maximum absolute atomic E-state index is 13.8. The fourth-order valence-electron chi connectivity index (χ4n) is 2.20. The lowest BCUT2D eigenvalue weighted by atomic mass is 10.1. The second kappa shape index (κ2) is 5.45. The SMILES string of the molecule is Nc1ncc(F)c(-c2cccc(N3CCOCC3=O)c2)n1. The van der Waals surface area contributed by atoms with Gasteiger partial charge >= 0.3 is 0 Å². The van der Waals surface area contributed by atoms with Crippen LogP contribution in [0.15, 0.2) is 30.5 Å². The molecule has 1 aromatic carbocycles. The number of hydrogen-bond acceptors (Lipinski definition) is 5. The van der Waals surface area contributed by atoms with Gasteiger partial charge in [-0.2, -0.15) is 0 Å². The molecule has 0 bridgehead atoms. The van der Waals surface area contributed by atoms with E-state index < -0.39 is 5.82 Å². The number of anilines is 2. The van der Waals surface area contributed by atoms with Gasteiger partial charge in [0.25, 0.3) is 5.91 Å². The van der Waals surface area contributed by atoms with Gasteiger partial charge in [-0.05, 0) is 12.1 Å². The van der Waals surface area contributed by atoms with Gasteiger partial charge in [-0.15, -0.1) is 0 Å². The highest BCUT2D eigenvalue weighted by atomic mass is 19.1. The van der Waals surface area contributed by atoms with Gasteiger partial charge in [0.05, 0.1) is 12.8 Å². The van der Waals surface area contributed by atoms with Crippen LogP contribution in [0.4, 0.5) is 16.0 Å². The van der Waals surface area contributed by atoms with Gasteiger partial charge in [0, 0.05) is 17.8 Å². The summed E-state index contributed by atoms with van der Waals surface area (Å²) in [6.45, 7) is 1.00. The molecule has 0 unspecified atom stereocenters. The zero-order valence-corrected chi connectivity index (χ0v) is 11.1. The third-order valence-electron chi connectivity index (χ3n) is 3.18. The summed E-state index contributed by atoms with van der Waals surface area (Å²) in [5.41, 5.74) is 6.83. The standard InChI is InChI=1S/C14H13FN4O2/c15-11-7-17-14(16)18-13(11)9-2-1-3-10(6-9)19-4-5-21-8-12(19)20/h1-3,6-7H,4-5,8H2,(H2,16,17,18). The molecule has 108 valence electrons. The zero-order chi connectivity index (χ0) is 14.8. The van der Waals surface area contributed by atoms with Crippen molar-refractivity contribution < 1.29 is 13.9 Å². The van der Waals surface area contributed by atoms with E-state index in [9.17, 15) is 9.18 Å². The zero-order valence-electron chi connectivity index (χ0n) is 11.1. The van der Waals surface area contributed by atoms with Gasteiger partial charge in [0.15, 0.2) is 5.82 Å². The lowest BCUT2D eigenvalue weighted by Crippen LogP contribution is -2.41. The number of benzene rings is 1. The summed E-state index contributed by atoms with van der Waals surface area (Å²) < 4.78 is 18.9. The first-order valence-electron chi connectivity index (χ1n) is 6.42. The monoisotopic (exact) mass is 288 g/mol. The van der Waals surface area contributed by atoms with Crippen LogP contribution in [0.3, 0.4) is 0 Å². The van der Waals surface area contributed by atoms with Crippen molar-refractivity contribution in [1.29, 1.82) is 0 Å². The van der Waals surface area contributed by atoms with E-state index >= 15 is 0 Å². The Morgan fingerprint density at radius 1 is 1.38 bits per heavy atom. The maximum atomic E-state index is 13.8. The van der Waals surface area contributed by atoms with Crippen LogP contribution in [-0.4, -0.2) is 35.6 Å². The molecule has 1 amide bonds. The first-order valence-corrected chi connectivity index (χ1v) is 6.42. The predicted molar refractivity (Wildman–Crippen MR) is 75.0 cm³/mol. The number of aromatic nitrogens is 2. The molecule has 6 nitrogen and oxygen atoms in total. The van der Waals surface area contributed by atoms with Crippen LogP contribution in [0.5, 0.6) is 0 Å². The topological polar surface area (TPSA) is 81.3 Å². The fraction of sp³-hybridized carbons (Fsp3) is 0.214. The third-order valence-corrected chi connectivity index (χ3v) is 3.18. The summed E-state index contributed by atoms with van der Waals surface area (Å²) in [7, 11) is 0. The molecule has 1 aliphatic heterocycles. The van der Waals surface area contributed by atoms with E-state index in [4.69, 9.17) is 10.5 Å². The molecule has 0 atom stereocenters. The third kappa shape index (κ3) is 2.68. The molecule has 1 fully saturated rings. The molecule has 2 N–H and O–H groups in total. The first kappa shape index (κ1) is 13.4. The van der Waals surface area contributed by atoms with E-state index in [1.807, 2.05) is 0 Å². The Labute approximate surface area is 120 Å². The van der Waals surface area contributed by atoms with Crippen LogP contribution in [0.2, 0.25) is 0 Å². The van der Waals surface area contributed by atoms with E-state index in [2.05, 4.69) is 9.97 Å². The molecule has 2 aromatic rings. The number of morpholine rings is 1. The minimum atomic E-state index is -0.561. The first-order chi connectivity index (χ1) is 10.1. The Bertz CT molecular complexity index is 692. The van der Waals surface area contributed by atoms with Crippen LogP contribution in [0, 0.1) is 5.82 Å². The molecule has 21 heavy (non-hydrogen) atoms. The number of nitrogens with two attached hydrogens (primary N) is 1. The molecular formula is C14H13FN4O2. The van der Waals surface area contributed by atoms with Crippen LogP contribution in [0.1, 0.15) is 0 Å². The van der Waals surface area contributed by atoms with E-state index in [0.29, 0.717) is 24.4 Å². The van der Waals surface area contributed by atoms with Gasteiger partial charge < -0.3 is 15.4 Å². The summed E-state index contributed by atoms with van der Waals surface area (Å²) in [6, 6.07) is 6.94. The average molecular weight is 288 g/mol. The predicted octanol–water partition coefficient (Wildman–Crippen LogP) is 1.23. The van der Waals surface area contributed by atoms with Gasteiger partial charge in [-0.3, -0.25) is 4.79 Å². The number of carbonyl (C=O) groups excluding carboxylic acids is 1. The van der Waals surface area contributed by atoms with Crippen LogP contribution < -0.4 is 10.6 Å². The largest absolute Gasteiger partial charge is 0.370 e. The Morgan fingerprint density at radius 2 is 2.24 bits per heavy atom. The molecule has 0 spiro atoms. The van der Waals surface area contributed by atoms with Crippen molar-refractivity contribution in [3.8, 4) is 11.3 Å². The minimum absolute atomic E-state index is 0.000693. The van der Waals surface area contributed by atoms with Gasteiger partial charge in [0.1, 0.15) is 12.3 Å². The van der Waals surface area contributed by atoms with Crippen molar-refractivity contribution in [3.05, 3.63) is 36.3 Å². The maximum Gasteiger partial charge on any atom is 0.253 e.